The molecule has 0 unspecified atom stereocenters. The second-order valence-corrected chi connectivity index (χ2v) is 6.07. The Morgan fingerprint density at radius 3 is 2.47 bits per heavy atom. The normalized spacial score (nSPS) is 11.1. The lowest BCUT2D eigenvalue weighted by atomic mass is 10.1. The van der Waals surface area contributed by atoms with E-state index in [-0.39, 0.29) is 12.2 Å². The van der Waals surface area contributed by atoms with Crippen LogP contribution >= 0.6 is 0 Å². The number of methoxy groups -OCH3 is 1. The van der Waals surface area contributed by atoms with Crippen molar-refractivity contribution in [3.05, 3.63) is 71.0 Å². The van der Waals surface area contributed by atoms with Crippen LogP contribution < -0.4 is 20.3 Å². The molecule has 0 spiro atoms. The summed E-state index contributed by atoms with van der Waals surface area (Å²) in [5, 5.41) is 6.69. The molecule has 0 bridgehead atoms. The molecule has 0 aliphatic carbocycles. The number of hydrogen-bond donors (Lipinski definition) is 1. The van der Waals surface area contributed by atoms with Crippen molar-refractivity contribution in [1.82, 2.24) is 9.78 Å². The van der Waals surface area contributed by atoms with Gasteiger partial charge in [0.1, 0.15) is 18.0 Å². The van der Waals surface area contributed by atoms with E-state index in [1.54, 1.807) is 24.3 Å². The molecule has 1 aromatic heterocycles. The molecule has 30 heavy (non-hydrogen) atoms. The van der Waals surface area contributed by atoms with Gasteiger partial charge in [-0.05, 0) is 42.5 Å². The van der Waals surface area contributed by atoms with Gasteiger partial charge in [-0.15, -0.1) is 13.2 Å². The highest BCUT2D eigenvalue weighted by atomic mass is 19.4. The highest BCUT2D eigenvalue weighted by Gasteiger charge is 2.30. The maximum absolute atomic E-state index is 12.3. The second kappa shape index (κ2) is 8.68. The molecule has 1 amide bonds. The Morgan fingerprint density at radius 2 is 1.80 bits per heavy atom. The Bertz CT molecular complexity index is 1100. The Morgan fingerprint density at radius 1 is 1.07 bits per heavy atom. The third-order valence-corrected chi connectivity index (χ3v) is 3.90. The number of carbonyl (C=O) groups is 1. The van der Waals surface area contributed by atoms with E-state index in [1.807, 2.05) is 0 Å². The van der Waals surface area contributed by atoms with E-state index in [0.29, 0.717) is 17.0 Å². The minimum absolute atomic E-state index is 0.242. The minimum Gasteiger partial charge on any atom is -0.497 e. The van der Waals surface area contributed by atoms with Crippen LogP contribution in [-0.4, -0.2) is 29.2 Å². The van der Waals surface area contributed by atoms with Crippen molar-refractivity contribution in [2.45, 2.75) is 12.9 Å². The predicted octanol–water partition coefficient (Wildman–Crippen LogP) is 3.46. The molecule has 1 N–H and O–H groups in total. The maximum atomic E-state index is 12.3. The third kappa shape index (κ3) is 5.60. The van der Waals surface area contributed by atoms with Crippen LogP contribution in [0.5, 0.6) is 11.5 Å². The monoisotopic (exact) mass is 419 g/mol. The molecule has 0 atom stereocenters. The third-order valence-electron chi connectivity index (χ3n) is 3.90. The lowest BCUT2D eigenvalue weighted by Gasteiger charge is -2.11. The van der Waals surface area contributed by atoms with Crippen molar-refractivity contribution in [2.24, 2.45) is 0 Å². The van der Waals surface area contributed by atoms with Gasteiger partial charge in [0.25, 0.3) is 5.56 Å². The van der Waals surface area contributed by atoms with Gasteiger partial charge in [-0.3, -0.25) is 9.59 Å². The van der Waals surface area contributed by atoms with Crippen LogP contribution in [0.25, 0.3) is 11.3 Å². The summed E-state index contributed by atoms with van der Waals surface area (Å²) in [5.41, 5.74) is 0.927. The van der Waals surface area contributed by atoms with Crippen LogP contribution in [0.4, 0.5) is 18.9 Å². The molecule has 10 heteroatoms. The van der Waals surface area contributed by atoms with E-state index >= 15 is 0 Å². The molecule has 0 aliphatic heterocycles. The van der Waals surface area contributed by atoms with E-state index in [4.69, 9.17) is 4.74 Å². The number of halogens is 3. The smallest absolute Gasteiger partial charge is 0.497 e. The lowest BCUT2D eigenvalue weighted by Crippen LogP contribution is -2.29. The fraction of sp³-hybridized carbons (Fsp3) is 0.150. The topological polar surface area (TPSA) is 82.5 Å². The molecule has 0 saturated carbocycles. The molecule has 7 nitrogen and oxygen atoms in total. The first-order valence-electron chi connectivity index (χ1n) is 8.62. The van der Waals surface area contributed by atoms with Crippen molar-refractivity contribution in [1.29, 1.82) is 0 Å². The fourth-order valence-corrected chi connectivity index (χ4v) is 2.58. The Hall–Kier alpha value is -3.82. The van der Waals surface area contributed by atoms with Crippen molar-refractivity contribution in [2.75, 3.05) is 12.4 Å². The molecule has 156 valence electrons. The van der Waals surface area contributed by atoms with Crippen molar-refractivity contribution >= 4 is 11.6 Å². The van der Waals surface area contributed by atoms with Gasteiger partial charge >= 0.3 is 6.36 Å². The molecular weight excluding hydrogens is 403 g/mol. The van der Waals surface area contributed by atoms with Crippen LogP contribution in [0, 0.1) is 0 Å². The lowest BCUT2D eigenvalue weighted by molar-refractivity contribution is -0.274. The number of nitrogens with zero attached hydrogens (tertiary/aromatic N) is 2. The highest BCUT2D eigenvalue weighted by Crippen LogP contribution is 2.24. The molecule has 2 aromatic carbocycles. The average Bonchev–Trinajstić information content (AvgIpc) is 2.70. The first-order chi connectivity index (χ1) is 14.2. The van der Waals surface area contributed by atoms with Crippen molar-refractivity contribution in [3.8, 4) is 22.8 Å². The number of anilines is 1. The predicted molar refractivity (Wildman–Crippen MR) is 102 cm³/mol. The molecule has 3 rings (SSSR count). The van der Waals surface area contributed by atoms with E-state index in [9.17, 15) is 22.8 Å². The summed E-state index contributed by atoms with van der Waals surface area (Å²) >= 11 is 0. The maximum Gasteiger partial charge on any atom is 0.573 e. The molecule has 0 aliphatic rings. The zero-order valence-electron chi connectivity index (χ0n) is 15.6. The number of hydrogen-bond acceptors (Lipinski definition) is 5. The number of amides is 1. The van der Waals surface area contributed by atoms with Crippen LogP contribution in [-0.2, 0) is 11.3 Å². The summed E-state index contributed by atoms with van der Waals surface area (Å²) < 4.78 is 46.5. The van der Waals surface area contributed by atoms with E-state index in [0.717, 1.165) is 16.8 Å². The Labute approximate surface area is 168 Å². The second-order valence-electron chi connectivity index (χ2n) is 6.07. The number of carbonyl (C=O) groups excluding carboxylic acids is 1. The Kier molecular flexibility index (Phi) is 6.05. The van der Waals surface area contributed by atoms with Gasteiger partial charge in [-0.1, -0.05) is 12.1 Å². The van der Waals surface area contributed by atoms with Gasteiger partial charge in [-0.25, -0.2) is 4.68 Å². The van der Waals surface area contributed by atoms with Gasteiger partial charge < -0.3 is 14.8 Å². The van der Waals surface area contributed by atoms with Gasteiger partial charge in [0.05, 0.1) is 12.8 Å². The van der Waals surface area contributed by atoms with Crippen molar-refractivity contribution in [3.63, 3.8) is 0 Å². The van der Waals surface area contributed by atoms with E-state index in [1.165, 1.54) is 31.4 Å². The van der Waals surface area contributed by atoms with Gasteiger partial charge in [0.15, 0.2) is 0 Å². The largest absolute Gasteiger partial charge is 0.573 e. The average molecular weight is 419 g/mol. The summed E-state index contributed by atoms with van der Waals surface area (Å²) in [6.45, 7) is -0.378. The molecular formula is C20H16F3N3O4. The first kappa shape index (κ1) is 20.9. The van der Waals surface area contributed by atoms with Gasteiger partial charge in [0, 0.05) is 17.3 Å². The summed E-state index contributed by atoms with van der Waals surface area (Å²) in [5.74, 6) is -0.371. The molecule has 3 aromatic rings. The summed E-state index contributed by atoms with van der Waals surface area (Å²) in [6.07, 6.45) is -4.80. The molecule has 0 radical (unpaired) electrons. The first-order valence-corrected chi connectivity index (χ1v) is 8.62. The van der Waals surface area contributed by atoms with Gasteiger partial charge in [0.2, 0.25) is 5.91 Å². The van der Waals surface area contributed by atoms with Crippen molar-refractivity contribution < 1.29 is 27.4 Å². The SMILES string of the molecule is COc1cccc(-c2ccc(=O)n(CC(=O)Nc3ccc(OC(F)(F)F)cc3)n2)c1. The number of alkyl halides is 3. The zero-order valence-corrected chi connectivity index (χ0v) is 15.6. The summed E-state index contributed by atoms with van der Waals surface area (Å²) in [4.78, 5) is 24.3. The molecule has 1 heterocycles. The highest BCUT2D eigenvalue weighted by molar-refractivity contribution is 5.90. The number of benzene rings is 2. The summed E-state index contributed by atoms with van der Waals surface area (Å²) in [7, 11) is 1.53. The number of nitrogens with one attached hydrogen (secondary N) is 1. The standard InChI is InChI=1S/C20H16F3N3O4/c1-29-16-4-2-3-13(11-16)17-9-10-19(28)26(25-17)12-18(27)24-14-5-7-15(8-6-14)30-20(21,22)23/h2-11H,12H2,1H3,(H,24,27). The zero-order chi connectivity index (χ0) is 21.7. The van der Waals surface area contributed by atoms with E-state index in [2.05, 4.69) is 15.2 Å². The van der Waals surface area contributed by atoms with Gasteiger partial charge in [-0.2, -0.15) is 5.10 Å². The molecule has 0 saturated heterocycles. The molecule has 0 fully saturated rings. The quantitative estimate of drug-likeness (QED) is 0.662. The van der Waals surface area contributed by atoms with Crippen LogP contribution in [0.15, 0.2) is 65.5 Å². The van der Waals surface area contributed by atoms with E-state index < -0.39 is 23.6 Å². The van der Waals surface area contributed by atoms with Crippen LogP contribution in [0.3, 0.4) is 0 Å². The minimum atomic E-state index is -4.80. The van der Waals surface area contributed by atoms with Crippen LogP contribution in [0.1, 0.15) is 0 Å². The van der Waals surface area contributed by atoms with Crippen LogP contribution in [0.2, 0.25) is 0 Å². The number of ether oxygens (including phenoxy) is 2. The number of rotatable bonds is 6. The number of aromatic nitrogens is 2. The summed E-state index contributed by atoms with van der Waals surface area (Å²) in [6, 6.07) is 14.5. The Balaban J connectivity index is 1.71. The fourth-order valence-electron chi connectivity index (χ4n) is 2.58.